The van der Waals surface area contributed by atoms with E-state index in [0.717, 1.165) is 17.9 Å². The van der Waals surface area contributed by atoms with E-state index in [1.54, 1.807) is 4.68 Å². The molecular formula is C22H26N4O. The van der Waals surface area contributed by atoms with Crippen LogP contribution in [0.4, 0.5) is 5.82 Å². The van der Waals surface area contributed by atoms with Gasteiger partial charge in [-0.3, -0.25) is 9.69 Å². The highest BCUT2D eigenvalue weighted by Crippen LogP contribution is 2.17. The second-order valence-electron chi connectivity index (χ2n) is 7.12. The third kappa shape index (κ3) is 5.05. The van der Waals surface area contributed by atoms with Gasteiger partial charge in [0.15, 0.2) is 0 Å². The molecule has 0 saturated heterocycles. The molecule has 140 valence electrons. The van der Waals surface area contributed by atoms with Crippen LogP contribution in [0.5, 0.6) is 0 Å². The number of rotatable bonds is 6. The zero-order chi connectivity index (χ0) is 19.4. The van der Waals surface area contributed by atoms with E-state index < -0.39 is 0 Å². The van der Waals surface area contributed by atoms with Crippen LogP contribution in [0.1, 0.15) is 22.4 Å². The lowest BCUT2D eigenvalue weighted by Gasteiger charge is -2.17. The summed E-state index contributed by atoms with van der Waals surface area (Å²) in [6, 6.07) is 18.3. The first-order valence-electron chi connectivity index (χ1n) is 9.08. The summed E-state index contributed by atoms with van der Waals surface area (Å²) in [6.45, 7) is 7.07. The maximum atomic E-state index is 12.5. The molecule has 0 unspecified atom stereocenters. The number of carbonyl (C=O) groups excluding carboxylic acids is 1. The van der Waals surface area contributed by atoms with Gasteiger partial charge < -0.3 is 5.32 Å². The van der Waals surface area contributed by atoms with E-state index in [2.05, 4.69) is 41.6 Å². The van der Waals surface area contributed by atoms with E-state index in [9.17, 15) is 4.79 Å². The Balaban J connectivity index is 1.65. The van der Waals surface area contributed by atoms with Gasteiger partial charge in [-0.25, -0.2) is 4.68 Å². The average Bonchev–Trinajstić information content (AvgIpc) is 2.97. The molecule has 0 aliphatic heterocycles. The van der Waals surface area contributed by atoms with Gasteiger partial charge in [-0.1, -0.05) is 47.5 Å². The van der Waals surface area contributed by atoms with Gasteiger partial charge in [0.05, 0.1) is 17.9 Å². The Morgan fingerprint density at radius 1 is 1.00 bits per heavy atom. The number of likely N-dealkylation sites (N-methyl/N-ethyl adjacent to an activating group) is 1. The van der Waals surface area contributed by atoms with Gasteiger partial charge in [0.2, 0.25) is 5.91 Å². The van der Waals surface area contributed by atoms with E-state index >= 15 is 0 Å². The zero-order valence-corrected chi connectivity index (χ0v) is 16.4. The third-order valence-electron chi connectivity index (χ3n) is 4.36. The molecule has 0 radical (unpaired) electrons. The first-order chi connectivity index (χ1) is 12.9. The van der Waals surface area contributed by atoms with Crippen molar-refractivity contribution in [1.29, 1.82) is 0 Å². The van der Waals surface area contributed by atoms with E-state index in [0.29, 0.717) is 12.4 Å². The molecule has 5 nitrogen and oxygen atoms in total. The zero-order valence-electron chi connectivity index (χ0n) is 16.4. The van der Waals surface area contributed by atoms with E-state index in [1.807, 2.05) is 56.1 Å². The molecule has 0 bridgehead atoms. The number of aryl methyl sites for hydroxylation is 3. The minimum atomic E-state index is -0.0575. The molecule has 0 fully saturated rings. The number of hydrogen-bond donors (Lipinski definition) is 1. The van der Waals surface area contributed by atoms with Gasteiger partial charge in [-0.2, -0.15) is 5.10 Å². The summed E-state index contributed by atoms with van der Waals surface area (Å²) in [5.41, 5.74) is 5.40. The SMILES string of the molecule is Cc1ccc(CN(C)CC(=O)Nc2cc(C)nn2-c2ccc(C)cc2)cc1. The van der Waals surface area contributed by atoms with Crippen molar-refractivity contribution >= 4 is 11.7 Å². The minimum absolute atomic E-state index is 0.0575. The van der Waals surface area contributed by atoms with Crippen molar-refractivity contribution in [3.63, 3.8) is 0 Å². The largest absolute Gasteiger partial charge is 0.309 e. The lowest BCUT2D eigenvalue weighted by molar-refractivity contribution is -0.117. The molecule has 2 aromatic carbocycles. The summed E-state index contributed by atoms with van der Waals surface area (Å²) in [5.74, 6) is 0.628. The van der Waals surface area contributed by atoms with Crippen molar-refractivity contribution in [1.82, 2.24) is 14.7 Å². The van der Waals surface area contributed by atoms with Crippen LogP contribution in [-0.4, -0.2) is 34.2 Å². The maximum Gasteiger partial charge on any atom is 0.239 e. The topological polar surface area (TPSA) is 50.2 Å². The third-order valence-corrected chi connectivity index (χ3v) is 4.36. The first-order valence-corrected chi connectivity index (χ1v) is 9.08. The van der Waals surface area contributed by atoms with Crippen LogP contribution < -0.4 is 5.32 Å². The van der Waals surface area contributed by atoms with Crippen LogP contribution in [0.15, 0.2) is 54.6 Å². The fraction of sp³-hybridized carbons (Fsp3) is 0.273. The monoisotopic (exact) mass is 362 g/mol. The molecule has 27 heavy (non-hydrogen) atoms. The van der Waals surface area contributed by atoms with Crippen LogP contribution in [0.2, 0.25) is 0 Å². The smallest absolute Gasteiger partial charge is 0.239 e. The molecular weight excluding hydrogens is 336 g/mol. The highest BCUT2D eigenvalue weighted by molar-refractivity contribution is 5.91. The van der Waals surface area contributed by atoms with Crippen molar-refractivity contribution in [3.05, 3.63) is 77.0 Å². The summed E-state index contributed by atoms with van der Waals surface area (Å²) in [7, 11) is 1.95. The molecule has 1 N–H and O–H groups in total. The first kappa shape index (κ1) is 18.9. The Kier molecular flexibility index (Phi) is 5.72. The Labute approximate surface area is 160 Å². The average molecular weight is 362 g/mol. The van der Waals surface area contributed by atoms with Crippen molar-refractivity contribution < 1.29 is 4.79 Å². The summed E-state index contributed by atoms with van der Waals surface area (Å²) < 4.78 is 1.77. The predicted molar refractivity (Wildman–Crippen MR) is 109 cm³/mol. The second-order valence-corrected chi connectivity index (χ2v) is 7.12. The molecule has 1 aromatic heterocycles. The Morgan fingerprint density at radius 3 is 2.22 bits per heavy atom. The fourth-order valence-corrected chi connectivity index (χ4v) is 2.96. The number of hydrogen-bond acceptors (Lipinski definition) is 3. The molecule has 0 aliphatic carbocycles. The highest BCUT2D eigenvalue weighted by atomic mass is 16.2. The number of amides is 1. The summed E-state index contributed by atoms with van der Waals surface area (Å²) in [4.78, 5) is 14.5. The van der Waals surface area contributed by atoms with Crippen LogP contribution >= 0.6 is 0 Å². The lowest BCUT2D eigenvalue weighted by atomic mass is 10.1. The van der Waals surface area contributed by atoms with Gasteiger partial charge in [-0.05, 0) is 45.5 Å². The normalized spacial score (nSPS) is 11.0. The van der Waals surface area contributed by atoms with Crippen LogP contribution in [0.25, 0.3) is 5.69 Å². The summed E-state index contributed by atoms with van der Waals surface area (Å²) in [6.07, 6.45) is 0. The summed E-state index contributed by atoms with van der Waals surface area (Å²) >= 11 is 0. The number of benzene rings is 2. The van der Waals surface area contributed by atoms with Crippen molar-refractivity contribution in [3.8, 4) is 5.69 Å². The quantitative estimate of drug-likeness (QED) is 0.724. The number of nitrogens with zero attached hydrogens (tertiary/aromatic N) is 3. The Morgan fingerprint density at radius 2 is 1.59 bits per heavy atom. The standard InChI is InChI=1S/C22H26N4O/c1-16-5-9-19(10-6-16)14-25(4)15-22(27)23-21-13-18(3)24-26(21)20-11-7-17(2)8-12-20/h5-13H,14-15H2,1-4H3,(H,23,27). The molecule has 1 amide bonds. The predicted octanol–water partition coefficient (Wildman–Crippen LogP) is 3.87. The molecule has 0 saturated carbocycles. The Bertz CT molecular complexity index is 910. The Hall–Kier alpha value is -2.92. The van der Waals surface area contributed by atoms with E-state index in [-0.39, 0.29) is 5.91 Å². The molecule has 0 aliphatic rings. The van der Waals surface area contributed by atoms with Gasteiger partial charge in [0.1, 0.15) is 5.82 Å². The number of carbonyl (C=O) groups is 1. The van der Waals surface area contributed by atoms with Gasteiger partial charge in [-0.15, -0.1) is 0 Å². The van der Waals surface area contributed by atoms with Crippen molar-refractivity contribution in [2.45, 2.75) is 27.3 Å². The van der Waals surface area contributed by atoms with Crippen molar-refractivity contribution in [2.75, 3.05) is 18.9 Å². The lowest BCUT2D eigenvalue weighted by Crippen LogP contribution is -2.30. The number of anilines is 1. The minimum Gasteiger partial charge on any atom is -0.309 e. The fourth-order valence-electron chi connectivity index (χ4n) is 2.96. The molecule has 3 rings (SSSR count). The van der Waals surface area contributed by atoms with Gasteiger partial charge in [0.25, 0.3) is 0 Å². The molecule has 0 atom stereocenters. The molecule has 0 spiro atoms. The van der Waals surface area contributed by atoms with Crippen molar-refractivity contribution in [2.24, 2.45) is 0 Å². The van der Waals surface area contributed by atoms with Crippen LogP contribution in [0, 0.1) is 20.8 Å². The molecule has 1 heterocycles. The molecule has 3 aromatic rings. The number of aromatic nitrogens is 2. The number of nitrogens with one attached hydrogen (secondary N) is 1. The van der Waals surface area contributed by atoms with Crippen LogP contribution in [-0.2, 0) is 11.3 Å². The van der Waals surface area contributed by atoms with Crippen LogP contribution in [0.3, 0.4) is 0 Å². The van der Waals surface area contributed by atoms with Gasteiger partial charge >= 0.3 is 0 Å². The second kappa shape index (κ2) is 8.18. The maximum absolute atomic E-state index is 12.5. The van der Waals surface area contributed by atoms with E-state index in [1.165, 1.54) is 16.7 Å². The molecule has 5 heteroatoms. The summed E-state index contributed by atoms with van der Waals surface area (Å²) in [5, 5.41) is 7.50. The highest BCUT2D eigenvalue weighted by Gasteiger charge is 2.13. The van der Waals surface area contributed by atoms with E-state index in [4.69, 9.17) is 0 Å². The van der Waals surface area contributed by atoms with Gasteiger partial charge in [0, 0.05) is 12.6 Å².